The maximum absolute atomic E-state index is 11.8. The van der Waals surface area contributed by atoms with Crippen molar-refractivity contribution >= 4 is 17.8 Å². The molecule has 18 heavy (non-hydrogen) atoms. The zero-order chi connectivity index (χ0) is 13.1. The van der Waals surface area contributed by atoms with E-state index in [1.807, 2.05) is 19.9 Å². The Morgan fingerprint density at radius 2 is 2.00 bits per heavy atom. The second-order valence-corrected chi connectivity index (χ2v) is 4.36. The van der Waals surface area contributed by atoms with Gasteiger partial charge in [0.25, 0.3) is 11.8 Å². The predicted molar refractivity (Wildman–Crippen MR) is 66.1 cm³/mol. The minimum absolute atomic E-state index is 0.0208. The Labute approximate surface area is 105 Å². The zero-order valence-electron chi connectivity index (χ0n) is 10.2. The second-order valence-electron chi connectivity index (χ2n) is 4.36. The van der Waals surface area contributed by atoms with Crippen molar-refractivity contribution in [1.29, 1.82) is 0 Å². The van der Waals surface area contributed by atoms with Crippen LogP contribution in [0.3, 0.4) is 0 Å². The van der Waals surface area contributed by atoms with Crippen molar-refractivity contribution in [2.75, 3.05) is 0 Å². The predicted octanol–water partition coefficient (Wildman–Crippen LogP) is 1.35. The quantitative estimate of drug-likeness (QED) is 0.856. The standard InChI is InChI=1S/C13H14N2O3/c1-8(2)10-12(17)15-13(18-10)14-11(16)9-6-4-3-5-7-9/h3-8,10H,1-2H3,(H,14,15,16,17)/t10-/m0/s1. The van der Waals surface area contributed by atoms with Gasteiger partial charge in [-0.05, 0) is 18.1 Å². The van der Waals surface area contributed by atoms with E-state index in [2.05, 4.69) is 10.3 Å². The molecule has 0 spiro atoms. The molecule has 1 aliphatic heterocycles. The topological polar surface area (TPSA) is 67.8 Å². The Morgan fingerprint density at radius 3 is 2.56 bits per heavy atom. The number of amidine groups is 1. The van der Waals surface area contributed by atoms with Crippen LogP contribution in [0.25, 0.3) is 0 Å². The molecule has 0 radical (unpaired) electrons. The molecule has 5 heteroatoms. The second kappa shape index (κ2) is 5.00. The number of carbonyl (C=O) groups excluding carboxylic acids is 2. The highest BCUT2D eigenvalue weighted by molar-refractivity contribution is 6.08. The fourth-order valence-corrected chi connectivity index (χ4v) is 1.61. The molecule has 1 atom stereocenters. The van der Waals surface area contributed by atoms with E-state index in [-0.39, 0.29) is 17.8 Å². The van der Waals surface area contributed by atoms with Gasteiger partial charge in [-0.3, -0.25) is 14.9 Å². The summed E-state index contributed by atoms with van der Waals surface area (Å²) >= 11 is 0. The molecule has 0 aliphatic carbocycles. The molecule has 1 fully saturated rings. The molecule has 0 unspecified atom stereocenters. The normalized spacial score (nSPS) is 20.9. The molecule has 1 aromatic rings. The van der Waals surface area contributed by atoms with Crippen molar-refractivity contribution in [2.24, 2.45) is 10.9 Å². The van der Waals surface area contributed by atoms with Crippen LogP contribution in [0.1, 0.15) is 24.2 Å². The lowest BCUT2D eigenvalue weighted by atomic mass is 10.1. The zero-order valence-corrected chi connectivity index (χ0v) is 10.2. The Morgan fingerprint density at radius 1 is 1.33 bits per heavy atom. The lowest BCUT2D eigenvalue weighted by Gasteiger charge is -2.09. The van der Waals surface area contributed by atoms with Gasteiger partial charge in [-0.15, -0.1) is 0 Å². The van der Waals surface area contributed by atoms with Gasteiger partial charge in [-0.2, -0.15) is 4.99 Å². The summed E-state index contributed by atoms with van der Waals surface area (Å²) in [4.78, 5) is 27.0. The number of rotatable bonds is 2. The van der Waals surface area contributed by atoms with Crippen LogP contribution in [-0.2, 0) is 9.53 Å². The summed E-state index contributed by atoms with van der Waals surface area (Å²) in [5, 5.41) is 2.45. The van der Waals surface area contributed by atoms with Crippen molar-refractivity contribution in [2.45, 2.75) is 20.0 Å². The van der Waals surface area contributed by atoms with Crippen LogP contribution in [-0.4, -0.2) is 23.9 Å². The third-order valence-corrected chi connectivity index (χ3v) is 2.56. The number of nitrogens with zero attached hydrogens (tertiary/aromatic N) is 1. The number of nitrogens with one attached hydrogen (secondary N) is 1. The monoisotopic (exact) mass is 246 g/mol. The minimum Gasteiger partial charge on any atom is -0.451 e. The number of hydrogen-bond acceptors (Lipinski definition) is 3. The van der Waals surface area contributed by atoms with E-state index in [1.165, 1.54) is 0 Å². The lowest BCUT2D eigenvalue weighted by Crippen LogP contribution is -2.28. The average Bonchev–Trinajstić information content (AvgIpc) is 2.71. The van der Waals surface area contributed by atoms with Crippen LogP contribution < -0.4 is 5.32 Å². The summed E-state index contributed by atoms with van der Waals surface area (Å²) in [5.74, 6) is -0.663. The number of aliphatic imine (C=N–C) groups is 1. The highest BCUT2D eigenvalue weighted by Crippen LogP contribution is 2.12. The molecule has 1 heterocycles. The first kappa shape index (κ1) is 12.3. The van der Waals surface area contributed by atoms with Gasteiger partial charge in [0, 0.05) is 5.56 Å². The summed E-state index contributed by atoms with van der Waals surface area (Å²) in [6.45, 7) is 3.73. The highest BCUT2D eigenvalue weighted by atomic mass is 16.5. The number of ether oxygens (including phenoxy) is 1. The van der Waals surface area contributed by atoms with E-state index in [0.717, 1.165) is 0 Å². The van der Waals surface area contributed by atoms with Gasteiger partial charge in [0.2, 0.25) is 0 Å². The molecule has 5 nitrogen and oxygen atoms in total. The SMILES string of the molecule is CC(C)[C@@H]1OC(=NC(=O)c2ccccc2)NC1=O. The Bertz CT molecular complexity index is 494. The fraction of sp³-hybridized carbons (Fsp3) is 0.308. The number of amides is 2. The van der Waals surface area contributed by atoms with E-state index >= 15 is 0 Å². The summed E-state index contributed by atoms with van der Waals surface area (Å²) in [7, 11) is 0. The van der Waals surface area contributed by atoms with Crippen molar-refractivity contribution in [3.8, 4) is 0 Å². The first-order valence-electron chi connectivity index (χ1n) is 5.73. The van der Waals surface area contributed by atoms with E-state index in [0.29, 0.717) is 5.56 Å². The van der Waals surface area contributed by atoms with Crippen LogP contribution in [0.15, 0.2) is 35.3 Å². The number of hydrogen-bond donors (Lipinski definition) is 1. The summed E-state index contributed by atoms with van der Waals surface area (Å²) < 4.78 is 5.30. The molecule has 0 saturated carbocycles. The van der Waals surface area contributed by atoms with Gasteiger partial charge in [0.05, 0.1) is 0 Å². The fourth-order valence-electron chi connectivity index (χ4n) is 1.61. The van der Waals surface area contributed by atoms with Crippen molar-refractivity contribution < 1.29 is 14.3 Å². The Hall–Kier alpha value is -2.17. The van der Waals surface area contributed by atoms with Gasteiger partial charge < -0.3 is 4.74 Å². The highest BCUT2D eigenvalue weighted by Gasteiger charge is 2.33. The van der Waals surface area contributed by atoms with Gasteiger partial charge in [0.1, 0.15) is 0 Å². The van der Waals surface area contributed by atoms with Gasteiger partial charge in [-0.1, -0.05) is 32.0 Å². The Balaban J connectivity index is 2.12. The smallest absolute Gasteiger partial charge is 0.300 e. The first-order valence-corrected chi connectivity index (χ1v) is 5.73. The van der Waals surface area contributed by atoms with Crippen LogP contribution >= 0.6 is 0 Å². The van der Waals surface area contributed by atoms with Crippen LogP contribution in [0.4, 0.5) is 0 Å². The number of benzene rings is 1. The molecular formula is C13H14N2O3. The first-order chi connectivity index (χ1) is 8.58. The summed E-state index contributed by atoms with van der Waals surface area (Å²) in [5.41, 5.74) is 0.454. The maximum atomic E-state index is 11.8. The molecule has 0 bridgehead atoms. The molecular weight excluding hydrogens is 232 g/mol. The Kier molecular flexibility index (Phi) is 3.41. The molecule has 1 aromatic carbocycles. The molecule has 94 valence electrons. The van der Waals surface area contributed by atoms with Crippen molar-refractivity contribution in [1.82, 2.24) is 5.32 Å². The molecule has 2 rings (SSSR count). The lowest BCUT2D eigenvalue weighted by molar-refractivity contribution is -0.124. The van der Waals surface area contributed by atoms with Crippen molar-refractivity contribution in [3.63, 3.8) is 0 Å². The minimum atomic E-state index is -0.577. The van der Waals surface area contributed by atoms with Crippen LogP contribution in [0.5, 0.6) is 0 Å². The van der Waals surface area contributed by atoms with Gasteiger partial charge >= 0.3 is 6.02 Å². The van der Waals surface area contributed by atoms with E-state index in [4.69, 9.17) is 4.74 Å². The largest absolute Gasteiger partial charge is 0.451 e. The van der Waals surface area contributed by atoms with E-state index in [9.17, 15) is 9.59 Å². The van der Waals surface area contributed by atoms with Crippen LogP contribution in [0.2, 0.25) is 0 Å². The summed E-state index contributed by atoms with van der Waals surface area (Å²) in [6, 6.07) is 8.60. The molecule has 1 N–H and O–H groups in total. The third-order valence-electron chi connectivity index (χ3n) is 2.56. The molecule has 1 aliphatic rings. The molecule has 2 amide bonds. The van der Waals surface area contributed by atoms with Gasteiger partial charge in [0.15, 0.2) is 6.10 Å². The average molecular weight is 246 g/mol. The van der Waals surface area contributed by atoms with Crippen molar-refractivity contribution in [3.05, 3.63) is 35.9 Å². The van der Waals surface area contributed by atoms with E-state index < -0.39 is 12.0 Å². The van der Waals surface area contributed by atoms with Gasteiger partial charge in [-0.25, -0.2) is 0 Å². The third kappa shape index (κ3) is 2.56. The molecule has 0 aromatic heterocycles. The summed E-state index contributed by atoms with van der Waals surface area (Å²) in [6.07, 6.45) is -0.577. The number of carbonyl (C=O) groups is 2. The van der Waals surface area contributed by atoms with Crippen LogP contribution in [0, 0.1) is 5.92 Å². The van der Waals surface area contributed by atoms with E-state index in [1.54, 1.807) is 24.3 Å². The molecule has 1 saturated heterocycles. The maximum Gasteiger partial charge on any atom is 0.300 e.